The van der Waals surface area contributed by atoms with Crippen molar-refractivity contribution >= 4 is 67.5 Å². The quantitative estimate of drug-likeness (QED) is 0.298. The fraction of sp³-hybridized carbons (Fsp3) is 0.0417. The first-order chi connectivity index (χ1) is 16.2. The minimum Gasteiger partial charge on any atom is -0.321 e. The normalized spacial score (nSPS) is 10.7. The predicted molar refractivity (Wildman–Crippen MR) is 133 cm³/mol. The second-order valence-corrected chi connectivity index (χ2v) is 8.68. The summed E-state index contributed by atoms with van der Waals surface area (Å²) in [5.41, 5.74) is 4.55. The van der Waals surface area contributed by atoms with Gasteiger partial charge in [0.15, 0.2) is 0 Å². The molecule has 10 heteroatoms. The molecular formula is C24H17BrClFN4O3. The molecule has 3 N–H and O–H groups in total. The summed E-state index contributed by atoms with van der Waals surface area (Å²) < 4.78 is 15.5. The molecule has 4 aromatic rings. The van der Waals surface area contributed by atoms with E-state index in [2.05, 4.69) is 32.0 Å². The molecule has 4 rings (SSSR count). The van der Waals surface area contributed by atoms with Crippen LogP contribution < -0.4 is 16.1 Å². The van der Waals surface area contributed by atoms with Crippen LogP contribution in [0.1, 0.15) is 16.1 Å². The van der Waals surface area contributed by atoms with E-state index in [1.54, 1.807) is 42.5 Å². The average Bonchev–Trinajstić information content (AvgIpc) is 3.13. The van der Waals surface area contributed by atoms with Gasteiger partial charge in [-0.15, -0.1) is 0 Å². The highest BCUT2D eigenvalue weighted by molar-refractivity contribution is 9.10. The zero-order valence-corrected chi connectivity index (χ0v) is 20.0. The monoisotopic (exact) mass is 542 g/mol. The molecule has 0 unspecified atom stereocenters. The smallest absolute Gasteiger partial charge is 0.321 e. The third kappa shape index (κ3) is 5.11. The van der Waals surface area contributed by atoms with Crippen molar-refractivity contribution in [3.63, 3.8) is 0 Å². The third-order valence-corrected chi connectivity index (χ3v) is 6.04. The molecule has 34 heavy (non-hydrogen) atoms. The van der Waals surface area contributed by atoms with Gasteiger partial charge in [0.05, 0.1) is 5.52 Å². The summed E-state index contributed by atoms with van der Waals surface area (Å²) in [6, 6.07) is 16.8. The van der Waals surface area contributed by atoms with Crippen LogP contribution >= 0.6 is 27.5 Å². The lowest BCUT2D eigenvalue weighted by Crippen LogP contribution is -2.36. The van der Waals surface area contributed by atoms with Crippen molar-refractivity contribution in [1.82, 2.24) is 4.68 Å². The molecule has 1 heterocycles. The Hall–Kier alpha value is -3.69. The van der Waals surface area contributed by atoms with E-state index in [1.165, 1.54) is 22.9 Å². The molecule has 1 aromatic heterocycles. The van der Waals surface area contributed by atoms with Crippen molar-refractivity contribution in [3.8, 4) is 0 Å². The highest BCUT2D eigenvalue weighted by Crippen LogP contribution is 2.25. The second kappa shape index (κ2) is 9.66. The van der Waals surface area contributed by atoms with Gasteiger partial charge in [0.1, 0.15) is 11.5 Å². The van der Waals surface area contributed by atoms with Crippen molar-refractivity contribution in [2.24, 2.45) is 0 Å². The molecular weight excluding hydrogens is 527 g/mol. The van der Waals surface area contributed by atoms with E-state index in [9.17, 15) is 18.8 Å². The van der Waals surface area contributed by atoms with Gasteiger partial charge in [0, 0.05) is 26.3 Å². The Morgan fingerprint density at radius 1 is 0.912 bits per heavy atom. The summed E-state index contributed by atoms with van der Waals surface area (Å²) in [7, 11) is 0. The van der Waals surface area contributed by atoms with Gasteiger partial charge in [-0.05, 0) is 73.2 Å². The number of carbonyl (C=O) groups is 3. The summed E-state index contributed by atoms with van der Waals surface area (Å²) in [5.74, 6) is -3.16. The number of aromatic nitrogens is 1. The van der Waals surface area contributed by atoms with Gasteiger partial charge >= 0.3 is 11.8 Å². The van der Waals surface area contributed by atoms with Crippen LogP contribution in [0.5, 0.6) is 0 Å². The molecule has 0 aliphatic carbocycles. The first-order valence-corrected chi connectivity index (χ1v) is 11.1. The number of nitrogens with zero attached hydrogens (tertiary/aromatic N) is 1. The first-order valence-electron chi connectivity index (χ1n) is 9.97. The van der Waals surface area contributed by atoms with Crippen LogP contribution in [-0.4, -0.2) is 22.4 Å². The lowest BCUT2D eigenvalue weighted by Gasteiger charge is -2.13. The number of fused-ring (bicyclic) bond motifs is 1. The summed E-state index contributed by atoms with van der Waals surface area (Å²) in [5, 5.41) is 6.12. The molecule has 0 saturated heterocycles. The molecule has 0 radical (unpaired) electrons. The molecule has 0 saturated carbocycles. The average molecular weight is 544 g/mol. The molecule has 3 aromatic carbocycles. The highest BCUT2D eigenvalue weighted by atomic mass is 79.9. The maximum absolute atomic E-state index is 13.4. The number of hydrogen-bond donors (Lipinski definition) is 3. The molecule has 0 aliphatic heterocycles. The molecule has 0 fully saturated rings. The first kappa shape index (κ1) is 23.5. The van der Waals surface area contributed by atoms with E-state index in [0.29, 0.717) is 21.6 Å². The molecule has 7 nitrogen and oxygen atoms in total. The van der Waals surface area contributed by atoms with E-state index in [0.717, 1.165) is 16.1 Å². The lowest BCUT2D eigenvalue weighted by molar-refractivity contribution is -0.133. The number of hydrogen-bond acceptors (Lipinski definition) is 3. The summed E-state index contributed by atoms with van der Waals surface area (Å²) in [6.45, 7) is 1.89. The zero-order chi connectivity index (χ0) is 24.4. The Balaban J connectivity index is 1.63. The van der Waals surface area contributed by atoms with Crippen LogP contribution in [0.2, 0.25) is 5.02 Å². The van der Waals surface area contributed by atoms with Crippen molar-refractivity contribution < 1.29 is 18.8 Å². The molecule has 3 amide bonds. The number of nitrogens with one attached hydrogen (secondary N) is 3. The molecule has 0 bridgehead atoms. The number of carbonyl (C=O) groups excluding carboxylic acids is 3. The Morgan fingerprint density at radius 3 is 2.41 bits per heavy atom. The summed E-state index contributed by atoms with van der Waals surface area (Å²) in [6.07, 6.45) is 0. The maximum Gasteiger partial charge on any atom is 0.328 e. The molecule has 0 aliphatic rings. The van der Waals surface area contributed by atoms with Crippen LogP contribution in [-0.2, 0) is 9.59 Å². The van der Waals surface area contributed by atoms with Gasteiger partial charge in [0.2, 0.25) is 0 Å². The van der Waals surface area contributed by atoms with Crippen LogP contribution in [0.15, 0.2) is 71.2 Å². The summed E-state index contributed by atoms with van der Waals surface area (Å²) in [4.78, 5) is 38.1. The standard InChI is InChI=1S/C24H17BrClFN4O3/c1-13-9-18(6-7-19(13)25)28-22(32)21-11-14-10-15(26)5-8-20(14)31(21)30-24(34)23(33)29-17-4-2-3-16(27)12-17/h2-12H,1H3,(H,28,32)(H,29,33)(H,30,34). The zero-order valence-electron chi connectivity index (χ0n) is 17.7. The number of aryl methyl sites for hydroxylation is 1. The minimum absolute atomic E-state index is 0.0738. The topological polar surface area (TPSA) is 92.2 Å². The van der Waals surface area contributed by atoms with Gasteiger partial charge < -0.3 is 10.6 Å². The SMILES string of the molecule is Cc1cc(NC(=O)c2cc3cc(Cl)ccc3n2NC(=O)C(=O)Nc2cccc(F)c2)ccc1Br. The van der Waals surface area contributed by atoms with E-state index in [1.807, 2.05) is 6.92 Å². The van der Waals surface area contributed by atoms with E-state index < -0.39 is 23.5 Å². The predicted octanol–water partition coefficient (Wildman–Crippen LogP) is 5.47. The number of amides is 3. The highest BCUT2D eigenvalue weighted by Gasteiger charge is 2.21. The van der Waals surface area contributed by atoms with E-state index >= 15 is 0 Å². The van der Waals surface area contributed by atoms with Crippen LogP contribution in [0.3, 0.4) is 0 Å². The van der Waals surface area contributed by atoms with Crippen molar-refractivity contribution in [3.05, 3.63) is 93.3 Å². The number of benzene rings is 3. The number of anilines is 2. The largest absolute Gasteiger partial charge is 0.328 e. The van der Waals surface area contributed by atoms with E-state index in [4.69, 9.17) is 11.6 Å². The van der Waals surface area contributed by atoms with Crippen LogP contribution in [0.25, 0.3) is 10.9 Å². The molecule has 0 spiro atoms. The summed E-state index contributed by atoms with van der Waals surface area (Å²) >= 11 is 9.50. The number of rotatable bonds is 4. The van der Waals surface area contributed by atoms with Crippen LogP contribution in [0.4, 0.5) is 15.8 Å². The number of halogens is 3. The van der Waals surface area contributed by atoms with Crippen molar-refractivity contribution in [2.75, 3.05) is 16.1 Å². The Labute approximate surface area is 207 Å². The van der Waals surface area contributed by atoms with Gasteiger partial charge in [-0.25, -0.2) is 9.07 Å². The maximum atomic E-state index is 13.4. The van der Waals surface area contributed by atoms with Gasteiger partial charge in [-0.2, -0.15) is 0 Å². The van der Waals surface area contributed by atoms with Gasteiger partial charge in [-0.3, -0.25) is 19.8 Å². The second-order valence-electron chi connectivity index (χ2n) is 7.39. The third-order valence-electron chi connectivity index (χ3n) is 4.91. The fourth-order valence-corrected chi connectivity index (χ4v) is 3.72. The molecule has 172 valence electrons. The fourth-order valence-electron chi connectivity index (χ4n) is 3.30. The Bertz CT molecular complexity index is 1450. The van der Waals surface area contributed by atoms with Gasteiger partial charge in [0.25, 0.3) is 5.91 Å². The van der Waals surface area contributed by atoms with Crippen molar-refractivity contribution in [1.29, 1.82) is 0 Å². The molecule has 0 atom stereocenters. The van der Waals surface area contributed by atoms with E-state index in [-0.39, 0.29) is 11.4 Å². The minimum atomic E-state index is -1.05. The lowest BCUT2D eigenvalue weighted by atomic mass is 10.2. The van der Waals surface area contributed by atoms with Gasteiger partial charge in [-0.1, -0.05) is 33.6 Å². The Morgan fingerprint density at radius 2 is 1.68 bits per heavy atom. The van der Waals surface area contributed by atoms with Crippen molar-refractivity contribution in [2.45, 2.75) is 6.92 Å². The Kier molecular flexibility index (Phi) is 6.67. The van der Waals surface area contributed by atoms with Crippen LogP contribution in [0, 0.1) is 12.7 Å².